The van der Waals surface area contributed by atoms with Crippen LogP contribution in [0.25, 0.3) is 0 Å². The van der Waals surface area contributed by atoms with Gasteiger partial charge < -0.3 is 10.8 Å². The minimum absolute atomic E-state index is 0.409. The van der Waals surface area contributed by atoms with Crippen molar-refractivity contribution in [3.05, 3.63) is 42.5 Å². The molecule has 4 N–H and O–H groups in total. The van der Waals surface area contributed by atoms with Gasteiger partial charge in [0.2, 0.25) is 0 Å². The number of allylic oxidation sites excluding steroid dienone is 2. The van der Waals surface area contributed by atoms with Crippen LogP contribution >= 0.6 is 0 Å². The third-order valence-corrected chi connectivity index (χ3v) is 5.97. The molecule has 0 aliphatic heterocycles. The number of amides is 1. The summed E-state index contributed by atoms with van der Waals surface area (Å²) < 4.78 is 0. The van der Waals surface area contributed by atoms with Crippen molar-refractivity contribution in [3.63, 3.8) is 0 Å². The molecule has 1 aliphatic rings. The van der Waals surface area contributed by atoms with E-state index in [4.69, 9.17) is 5.73 Å². The molecule has 1 saturated carbocycles. The van der Waals surface area contributed by atoms with Crippen molar-refractivity contribution >= 4 is 11.6 Å². The molecule has 0 spiro atoms. The first-order valence-corrected chi connectivity index (χ1v) is 11.8. The molecule has 1 unspecified atom stereocenters. The number of nitrogens with one attached hydrogen (secondary N) is 1. The largest absolute Gasteiger partial charge is 0.382 e. The van der Waals surface area contributed by atoms with Crippen LogP contribution in [0.4, 0.5) is 5.69 Å². The average Bonchev–Trinajstić information content (AvgIpc) is 2.78. The zero-order valence-electron chi connectivity index (χ0n) is 18.6. The Morgan fingerprint density at radius 2 is 1.90 bits per heavy atom. The topological polar surface area (TPSA) is 78.6 Å². The molecule has 0 aromatic heterocycles. The molecule has 2 atom stereocenters. The number of hydrogen-bond donors (Lipinski definition) is 3. The van der Waals surface area contributed by atoms with Crippen LogP contribution in [0.5, 0.6) is 0 Å². The third kappa shape index (κ3) is 8.88. The van der Waals surface area contributed by atoms with Crippen LogP contribution in [0.15, 0.2) is 42.5 Å². The summed E-state index contributed by atoms with van der Waals surface area (Å²) >= 11 is 0. The molecule has 5 heteroatoms. The van der Waals surface area contributed by atoms with E-state index in [1.54, 1.807) is 0 Å². The zero-order chi connectivity index (χ0) is 21.6. The van der Waals surface area contributed by atoms with Crippen molar-refractivity contribution in [3.8, 4) is 0 Å². The Morgan fingerprint density at radius 3 is 2.60 bits per heavy atom. The van der Waals surface area contributed by atoms with E-state index < -0.39 is 18.1 Å². The summed E-state index contributed by atoms with van der Waals surface area (Å²) in [6.07, 6.45) is 15.4. The van der Waals surface area contributed by atoms with E-state index in [-0.39, 0.29) is 0 Å². The van der Waals surface area contributed by atoms with E-state index in [9.17, 15) is 9.90 Å². The van der Waals surface area contributed by atoms with Crippen molar-refractivity contribution < 1.29 is 9.90 Å². The predicted octanol–water partition coefficient (Wildman–Crippen LogP) is 4.71. The molecule has 1 fully saturated rings. The van der Waals surface area contributed by atoms with Gasteiger partial charge in [0, 0.05) is 12.6 Å². The number of hydrogen-bond acceptors (Lipinski definition) is 4. The van der Waals surface area contributed by atoms with Gasteiger partial charge in [-0.2, -0.15) is 0 Å². The Bertz CT molecular complexity index is 614. The summed E-state index contributed by atoms with van der Waals surface area (Å²) in [5.74, 6) is 0.122. The van der Waals surface area contributed by atoms with Crippen LogP contribution < -0.4 is 16.2 Å². The van der Waals surface area contributed by atoms with Gasteiger partial charge in [-0.05, 0) is 50.2 Å². The number of unbranched alkanes of at least 4 members (excludes halogenated alkanes) is 3. The molecule has 5 nitrogen and oxygen atoms in total. The molecule has 1 aromatic rings. The number of hydrazine groups is 1. The van der Waals surface area contributed by atoms with Gasteiger partial charge in [0.1, 0.15) is 6.10 Å². The maximum atomic E-state index is 12.7. The second-order valence-corrected chi connectivity index (χ2v) is 8.54. The Hall–Kier alpha value is -1.85. The number of aliphatic hydroxyl groups is 1. The van der Waals surface area contributed by atoms with Gasteiger partial charge in [-0.15, -0.1) is 0 Å². The van der Waals surface area contributed by atoms with Gasteiger partial charge in [0.05, 0.1) is 5.69 Å². The molecule has 0 saturated heterocycles. The SMILES string of the molecule is CC/C=C\CCCCCN(NC(=O)C(O)[C@H](N)CC1CCCCC1)c1ccccc1. The molecule has 0 heterocycles. The molecular weight excluding hydrogens is 374 g/mol. The Morgan fingerprint density at radius 1 is 1.17 bits per heavy atom. The molecule has 168 valence electrons. The lowest BCUT2D eigenvalue weighted by Gasteiger charge is -2.30. The monoisotopic (exact) mass is 415 g/mol. The molecule has 1 aliphatic carbocycles. The summed E-state index contributed by atoms with van der Waals surface area (Å²) in [7, 11) is 0. The van der Waals surface area contributed by atoms with Crippen LogP contribution in [0, 0.1) is 5.92 Å². The van der Waals surface area contributed by atoms with Crippen LogP contribution in [0.2, 0.25) is 0 Å². The Labute approximate surface area is 182 Å². The number of aliphatic hydroxyl groups excluding tert-OH is 1. The zero-order valence-corrected chi connectivity index (χ0v) is 18.6. The summed E-state index contributed by atoms with van der Waals surface area (Å²) in [4.78, 5) is 12.7. The highest BCUT2D eigenvalue weighted by atomic mass is 16.3. The van der Waals surface area contributed by atoms with Crippen LogP contribution in [-0.2, 0) is 4.79 Å². The lowest BCUT2D eigenvalue weighted by molar-refractivity contribution is -0.130. The number of benzene rings is 1. The van der Waals surface area contributed by atoms with E-state index in [0.717, 1.165) is 50.6 Å². The summed E-state index contributed by atoms with van der Waals surface area (Å²) in [6.45, 7) is 2.85. The molecule has 1 amide bonds. The quantitative estimate of drug-likeness (QED) is 0.248. The first-order chi connectivity index (χ1) is 14.6. The van der Waals surface area contributed by atoms with Crippen LogP contribution in [0.1, 0.15) is 77.6 Å². The fraction of sp³-hybridized carbons (Fsp3) is 0.640. The molecular formula is C25H41N3O2. The first-order valence-electron chi connectivity index (χ1n) is 11.8. The van der Waals surface area contributed by atoms with E-state index in [0.29, 0.717) is 18.9 Å². The van der Waals surface area contributed by atoms with Crippen LogP contribution in [0.3, 0.4) is 0 Å². The van der Waals surface area contributed by atoms with Crippen molar-refractivity contribution in [1.82, 2.24) is 5.43 Å². The van der Waals surface area contributed by atoms with Crippen molar-refractivity contribution in [2.24, 2.45) is 11.7 Å². The standard InChI is InChI=1S/C25H41N3O2/c1-2-3-4-5-6-7-14-19-28(22-17-12-9-13-18-22)27-25(30)24(29)23(26)20-21-15-10-8-11-16-21/h3-4,9,12-13,17-18,21,23-24,29H,2,5-8,10-11,14-16,19-20,26H2,1H3,(H,27,30)/b4-3-/t23-,24?/m1/s1. The van der Waals surface area contributed by atoms with Crippen molar-refractivity contribution in [2.75, 3.05) is 11.6 Å². The van der Waals surface area contributed by atoms with E-state index in [1.807, 2.05) is 35.3 Å². The highest BCUT2D eigenvalue weighted by molar-refractivity contribution is 5.82. The summed E-state index contributed by atoms with van der Waals surface area (Å²) in [5.41, 5.74) is 10.0. The van der Waals surface area contributed by atoms with Gasteiger partial charge in [0.15, 0.2) is 0 Å². The van der Waals surface area contributed by atoms with E-state index >= 15 is 0 Å². The number of carbonyl (C=O) groups excluding carboxylic acids is 1. The van der Waals surface area contributed by atoms with Gasteiger partial charge in [0.25, 0.3) is 5.91 Å². The number of rotatable bonds is 13. The first kappa shape index (κ1) is 24.4. The van der Waals surface area contributed by atoms with Crippen molar-refractivity contribution in [2.45, 2.75) is 89.7 Å². The number of anilines is 1. The third-order valence-electron chi connectivity index (χ3n) is 5.97. The van der Waals surface area contributed by atoms with Crippen molar-refractivity contribution in [1.29, 1.82) is 0 Å². The molecule has 30 heavy (non-hydrogen) atoms. The fourth-order valence-electron chi connectivity index (χ4n) is 4.18. The number of nitrogens with two attached hydrogens (primary N) is 1. The molecule has 2 rings (SSSR count). The number of nitrogens with zero attached hydrogens (tertiary/aromatic N) is 1. The Balaban J connectivity index is 1.85. The summed E-state index contributed by atoms with van der Waals surface area (Å²) in [5, 5.41) is 12.4. The maximum absolute atomic E-state index is 12.7. The van der Waals surface area contributed by atoms with Gasteiger partial charge in [-0.1, -0.05) is 75.8 Å². The minimum Gasteiger partial charge on any atom is -0.382 e. The molecule has 0 radical (unpaired) electrons. The second kappa shape index (κ2) is 14.2. The number of para-hydroxylation sites is 1. The van der Waals surface area contributed by atoms with Gasteiger partial charge in [-0.25, -0.2) is 0 Å². The number of carbonyl (C=O) groups is 1. The lowest BCUT2D eigenvalue weighted by Crippen LogP contribution is -2.53. The average molecular weight is 416 g/mol. The highest BCUT2D eigenvalue weighted by Gasteiger charge is 2.27. The molecule has 0 bridgehead atoms. The fourth-order valence-corrected chi connectivity index (χ4v) is 4.18. The highest BCUT2D eigenvalue weighted by Crippen LogP contribution is 2.27. The molecule has 1 aromatic carbocycles. The lowest BCUT2D eigenvalue weighted by atomic mass is 9.84. The smallest absolute Gasteiger partial charge is 0.268 e. The summed E-state index contributed by atoms with van der Waals surface area (Å²) in [6, 6.07) is 9.29. The van der Waals surface area contributed by atoms with Gasteiger partial charge >= 0.3 is 0 Å². The normalized spacial score (nSPS) is 17.0. The maximum Gasteiger partial charge on any atom is 0.268 e. The Kier molecular flexibility index (Phi) is 11.6. The predicted molar refractivity (Wildman–Crippen MR) is 125 cm³/mol. The van der Waals surface area contributed by atoms with Crippen LogP contribution in [-0.4, -0.2) is 29.7 Å². The second-order valence-electron chi connectivity index (χ2n) is 8.54. The van der Waals surface area contributed by atoms with E-state index in [1.165, 1.54) is 19.3 Å². The van der Waals surface area contributed by atoms with E-state index in [2.05, 4.69) is 24.5 Å². The van der Waals surface area contributed by atoms with Gasteiger partial charge in [-0.3, -0.25) is 15.2 Å². The minimum atomic E-state index is -1.18.